The molecule has 1 aromatic rings. The highest BCUT2D eigenvalue weighted by molar-refractivity contribution is 6.33. The van der Waals surface area contributed by atoms with Gasteiger partial charge in [0, 0.05) is 24.8 Å². The highest BCUT2D eigenvalue weighted by Crippen LogP contribution is 2.21. The van der Waals surface area contributed by atoms with Crippen LogP contribution in [-0.4, -0.2) is 66.6 Å². The lowest BCUT2D eigenvalue weighted by Crippen LogP contribution is -2.35. The molecule has 1 heterocycles. The SMILES string of the molecule is CN(C)C1CCN(CC(=O)Nc2ccc(Cl)c(C(=O)O)c2)C1. The van der Waals surface area contributed by atoms with E-state index in [0.717, 1.165) is 19.5 Å². The molecule has 2 N–H and O–H groups in total. The summed E-state index contributed by atoms with van der Waals surface area (Å²) >= 11 is 5.80. The van der Waals surface area contributed by atoms with Crippen molar-refractivity contribution >= 4 is 29.2 Å². The third kappa shape index (κ3) is 4.19. The summed E-state index contributed by atoms with van der Waals surface area (Å²) in [5.41, 5.74) is 0.420. The highest BCUT2D eigenvalue weighted by atomic mass is 35.5. The van der Waals surface area contributed by atoms with E-state index in [-0.39, 0.29) is 16.5 Å². The maximum Gasteiger partial charge on any atom is 0.337 e. The molecule has 0 aromatic heterocycles. The van der Waals surface area contributed by atoms with Gasteiger partial charge in [-0.3, -0.25) is 9.69 Å². The first-order valence-electron chi connectivity index (χ1n) is 7.08. The van der Waals surface area contributed by atoms with E-state index in [9.17, 15) is 9.59 Å². The summed E-state index contributed by atoms with van der Waals surface area (Å²) in [6.45, 7) is 2.05. The van der Waals surface area contributed by atoms with E-state index in [2.05, 4.69) is 15.1 Å². The van der Waals surface area contributed by atoms with Gasteiger partial charge in [-0.05, 0) is 38.7 Å². The summed E-state index contributed by atoms with van der Waals surface area (Å²) in [6, 6.07) is 4.91. The fourth-order valence-electron chi connectivity index (χ4n) is 2.55. The molecule has 1 aliphatic rings. The van der Waals surface area contributed by atoms with Crippen LogP contribution in [0.25, 0.3) is 0 Å². The van der Waals surface area contributed by atoms with Gasteiger partial charge in [0.05, 0.1) is 17.1 Å². The molecule has 0 radical (unpaired) electrons. The van der Waals surface area contributed by atoms with Crippen LogP contribution in [0.3, 0.4) is 0 Å². The van der Waals surface area contributed by atoms with Crippen molar-refractivity contribution in [2.75, 3.05) is 39.0 Å². The molecule has 1 aliphatic heterocycles. The van der Waals surface area contributed by atoms with Crippen molar-refractivity contribution in [2.24, 2.45) is 0 Å². The smallest absolute Gasteiger partial charge is 0.337 e. The number of aromatic carboxylic acids is 1. The van der Waals surface area contributed by atoms with Crippen molar-refractivity contribution in [3.05, 3.63) is 28.8 Å². The first-order chi connectivity index (χ1) is 10.4. The number of nitrogens with zero attached hydrogens (tertiary/aromatic N) is 2. The average Bonchev–Trinajstić information content (AvgIpc) is 2.89. The molecule has 1 aromatic carbocycles. The van der Waals surface area contributed by atoms with Gasteiger partial charge in [0.1, 0.15) is 0 Å². The molecule has 1 atom stereocenters. The van der Waals surface area contributed by atoms with Crippen LogP contribution in [0, 0.1) is 0 Å². The number of carboxylic acids is 1. The van der Waals surface area contributed by atoms with Gasteiger partial charge in [-0.25, -0.2) is 4.79 Å². The van der Waals surface area contributed by atoms with Gasteiger partial charge >= 0.3 is 5.97 Å². The Hall–Kier alpha value is -1.63. The fourth-order valence-corrected chi connectivity index (χ4v) is 2.75. The number of anilines is 1. The van der Waals surface area contributed by atoms with E-state index in [4.69, 9.17) is 16.7 Å². The maximum atomic E-state index is 12.1. The molecule has 1 saturated heterocycles. The lowest BCUT2D eigenvalue weighted by atomic mass is 10.2. The molecule has 2 rings (SSSR count). The first-order valence-corrected chi connectivity index (χ1v) is 7.46. The number of likely N-dealkylation sites (N-methyl/N-ethyl adjacent to an activating group) is 1. The fraction of sp³-hybridized carbons (Fsp3) is 0.467. The van der Waals surface area contributed by atoms with Crippen LogP contribution in [0.1, 0.15) is 16.8 Å². The molecular formula is C15H20ClN3O3. The predicted octanol–water partition coefficient (Wildman–Crippen LogP) is 1.61. The lowest BCUT2D eigenvalue weighted by molar-refractivity contribution is -0.117. The predicted molar refractivity (Wildman–Crippen MR) is 85.6 cm³/mol. The summed E-state index contributed by atoms with van der Waals surface area (Å²) in [6.07, 6.45) is 1.05. The minimum Gasteiger partial charge on any atom is -0.478 e. The molecule has 0 bridgehead atoms. The first kappa shape index (κ1) is 16.7. The Morgan fingerprint density at radius 2 is 2.18 bits per heavy atom. The molecule has 0 saturated carbocycles. The van der Waals surface area contributed by atoms with Crippen molar-refractivity contribution in [2.45, 2.75) is 12.5 Å². The topological polar surface area (TPSA) is 72.9 Å². The summed E-state index contributed by atoms with van der Waals surface area (Å²) < 4.78 is 0. The highest BCUT2D eigenvalue weighted by Gasteiger charge is 2.25. The number of rotatable bonds is 5. The zero-order valence-corrected chi connectivity index (χ0v) is 13.4. The molecule has 0 aliphatic carbocycles. The molecule has 1 unspecified atom stereocenters. The monoisotopic (exact) mass is 325 g/mol. The van der Waals surface area contributed by atoms with Gasteiger partial charge < -0.3 is 15.3 Å². The quantitative estimate of drug-likeness (QED) is 0.860. The summed E-state index contributed by atoms with van der Waals surface area (Å²) in [5, 5.41) is 11.9. The third-order valence-corrected chi connectivity index (χ3v) is 4.16. The number of carbonyl (C=O) groups is 2. The van der Waals surface area contributed by atoms with Gasteiger partial charge in [0.25, 0.3) is 0 Å². The Morgan fingerprint density at radius 3 is 2.77 bits per heavy atom. The molecule has 6 nitrogen and oxygen atoms in total. The van der Waals surface area contributed by atoms with Crippen LogP contribution in [0.2, 0.25) is 5.02 Å². The number of nitrogens with one attached hydrogen (secondary N) is 1. The minimum absolute atomic E-state index is 0.0201. The minimum atomic E-state index is -1.12. The van der Waals surface area contributed by atoms with Crippen molar-refractivity contribution < 1.29 is 14.7 Å². The Kier molecular flexibility index (Phi) is 5.39. The van der Waals surface area contributed by atoms with Crippen LogP contribution in [0.5, 0.6) is 0 Å². The van der Waals surface area contributed by atoms with Crippen LogP contribution in [-0.2, 0) is 4.79 Å². The van der Waals surface area contributed by atoms with Gasteiger partial charge in [0.15, 0.2) is 0 Å². The van der Waals surface area contributed by atoms with Gasteiger partial charge in [-0.15, -0.1) is 0 Å². The second-order valence-electron chi connectivity index (χ2n) is 5.69. The molecule has 22 heavy (non-hydrogen) atoms. The molecule has 1 amide bonds. The largest absolute Gasteiger partial charge is 0.478 e. The summed E-state index contributed by atoms with van der Waals surface area (Å²) in [7, 11) is 4.07. The van der Waals surface area contributed by atoms with Crippen molar-refractivity contribution in [1.82, 2.24) is 9.80 Å². The zero-order chi connectivity index (χ0) is 16.3. The van der Waals surface area contributed by atoms with E-state index in [0.29, 0.717) is 18.3 Å². The van der Waals surface area contributed by atoms with E-state index < -0.39 is 5.97 Å². The summed E-state index contributed by atoms with van der Waals surface area (Å²) in [4.78, 5) is 27.3. The van der Waals surface area contributed by atoms with Crippen LogP contribution < -0.4 is 5.32 Å². The number of hydrogen-bond acceptors (Lipinski definition) is 4. The summed E-state index contributed by atoms with van der Waals surface area (Å²) in [5.74, 6) is -1.27. The van der Waals surface area contributed by atoms with E-state index >= 15 is 0 Å². The second kappa shape index (κ2) is 7.09. The zero-order valence-electron chi connectivity index (χ0n) is 12.7. The third-order valence-electron chi connectivity index (χ3n) is 3.83. The van der Waals surface area contributed by atoms with Gasteiger partial charge in [0.2, 0.25) is 5.91 Å². The molecule has 0 spiro atoms. The van der Waals surface area contributed by atoms with Crippen molar-refractivity contribution in [3.63, 3.8) is 0 Å². The molecular weight excluding hydrogens is 306 g/mol. The number of benzene rings is 1. The number of carboxylic acid groups (broad SMARTS) is 1. The number of halogens is 1. The van der Waals surface area contributed by atoms with E-state index in [1.165, 1.54) is 12.1 Å². The number of carbonyl (C=O) groups excluding carboxylic acids is 1. The van der Waals surface area contributed by atoms with Crippen molar-refractivity contribution in [3.8, 4) is 0 Å². The lowest BCUT2D eigenvalue weighted by Gasteiger charge is -2.20. The van der Waals surface area contributed by atoms with Crippen molar-refractivity contribution in [1.29, 1.82) is 0 Å². The normalized spacial score (nSPS) is 18.6. The Labute approximate surface area is 134 Å². The Balaban J connectivity index is 1.93. The number of amides is 1. The maximum absolute atomic E-state index is 12.1. The van der Waals surface area contributed by atoms with Crippen LogP contribution in [0.4, 0.5) is 5.69 Å². The average molecular weight is 326 g/mol. The van der Waals surface area contributed by atoms with Gasteiger partial charge in [-0.2, -0.15) is 0 Å². The van der Waals surface area contributed by atoms with Gasteiger partial charge in [-0.1, -0.05) is 11.6 Å². The number of likely N-dealkylation sites (tertiary alicyclic amines) is 1. The standard InChI is InChI=1S/C15H20ClN3O3/c1-18(2)11-5-6-19(8-11)9-14(20)17-10-3-4-13(16)12(7-10)15(21)22/h3-4,7,11H,5-6,8-9H2,1-2H3,(H,17,20)(H,21,22). The molecule has 120 valence electrons. The van der Waals surface area contributed by atoms with E-state index in [1.807, 2.05) is 14.1 Å². The van der Waals surface area contributed by atoms with Crippen LogP contribution in [0.15, 0.2) is 18.2 Å². The number of hydrogen-bond donors (Lipinski definition) is 2. The second-order valence-corrected chi connectivity index (χ2v) is 6.10. The van der Waals surface area contributed by atoms with E-state index in [1.54, 1.807) is 6.07 Å². The molecule has 1 fully saturated rings. The Morgan fingerprint density at radius 1 is 1.45 bits per heavy atom. The molecule has 7 heteroatoms. The van der Waals surface area contributed by atoms with Crippen LogP contribution >= 0.6 is 11.6 Å². The Bertz CT molecular complexity index is 577.